The fraction of sp³-hybridized carbons (Fsp3) is 0.640. The van der Waals surface area contributed by atoms with E-state index in [9.17, 15) is 14.4 Å². The Morgan fingerprint density at radius 1 is 1.06 bits per heavy atom. The van der Waals surface area contributed by atoms with Crippen LogP contribution in [0.25, 0.3) is 0 Å². The average Bonchev–Trinajstić information content (AvgIpc) is 3.00. The predicted octanol–water partition coefficient (Wildman–Crippen LogP) is 5.80. The van der Waals surface area contributed by atoms with Gasteiger partial charge in [-0.15, -0.1) is 0 Å². The number of ether oxygens (including phenoxy) is 2. The lowest BCUT2D eigenvalue weighted by Crippen LogP contribution is -2.45. The molecule has 172 valence electrons. The van der Waals surface area contributed by atoms with Crippen molar-refractivity contribution in [2.75, 3.05) is 0 Å². The van der Waals surface area contributed by atoms with Gasteiger partial charge in [-0.3, -0.25) is 9.59 Å². The molecule has 6 nitrogen and oxygen atoms in total. The molecule has 0 spiro atoms. The van der Waals surface area contributed by atoms with E-state index in [1.54, 1.807) is 27.7 Å². The lowest BCUT2D eigenvalue weighted by Gasteiger charge is -2.26. The fourth-order valence-corrected chi connectivity index (χ4v) is 3.86. The summed E-state index contributed by atoms with van der Waals surface area (Å²) in [5.41, 5.74) is 0.115. The number of imide groups is 1. The monoisotopic (exact) mass is 431 g/mol. The van der Waals surface area contributed by atoms with Crippen molar-refractivity contribution in [3.8, 4) is 0 Å². The standard InChI is InChI=1S/C25H37NO5/c1-6-7-8-9-10-14-17-20(23(28)31-25(3,4)5)22(27)26-18(2)21(30-24(26)29)19-15-12-11-13-16-19/h11-13,15-16,18,20-21H,6-10,14,17H2,1-5H3/t18-,20?,21-/m1/s1. The Labute approximate surface area is 186 Å². The third-order valence-corrected chi connectivity index (χ3v) is 5.47. The number of carbonyl (C=O) groups excluding carboxylic acids is 3. The zero-order valence-corrected chi connectivity index (χ0v) is 19.6. The predicted molar refractivity (Wildman–Crippen MR) is 119 cm³/mol. The summed E-state index contributed by atoms with van der Waals surface area (Å²) in [6, 6.07) is 8.84. The zero-order chi connectivity index (χ0) is 23.0. The topological polar surface area (TPSA) is 72.9 Å². The maximum Gasteiger partial charge on any atom is 0.417 e. The lowest BCUT2D eigenvalue weighted by atomic mass is 9.96. The number of nitrogens with zero attached hydrogens (tertiary/aromatic N) is 1. The van der Waals surface area contributed by atoms with Crippen molar-refractivity contribution in [1.29, 1.82) is 0 Å². The van der Waals surface area contributed by atoms with Crippen molar-refractivity contribution < 1.29 is 23.9 Å². The second-order valence-electron chi connectivity index (χ2n) is 9.31. The van der Waals surface area contributed by atoms with Crippen LogP contribution in [0.15, 0.2) is 30.3 Å². The van der Waals surface area contributed by atoms with E-state index in [-0.39, 0.29) is 0 Å². The molecule has 0 saturated carbocycles. The first-order valence-electron chi connectivity index (χ1n) is 11.5. The molecule has 2 rings (SSSR count). The molecule has 1 aliphatic heterocycles. The van der Waals surface area contributed by atoms with Gasteiger partial charge in [0.15, 0.2) is 0 Å². The third kappa shape index (κ3) is 7.08. The zero-order valence-electron chi connectivity index (χ0n) is 19.6. The molecule has 0 radical (unpaired) electrons. The Balaban J connectivity index is 2.12. The molecule has 0 N–H and O–H groups in total. The van der Waals surface area contributed by atoms with E-state index in [0.717, 1.165) is 42.6 Å². The van der Waals surface area contributed by atoms with E-state index in [2.05, 4.69) is 6.92 Å². The third-order valence-electron chi connectivity index (χ3n) is 5.47. The Kier molecular flexibility index (Phi) is 9.08. The van der Waals surface area contributed by atoms with Crippen molar-refractivity contribution in [2.24, 2.45) is 5.92 Å². The molecule has 1 unspecified atom stereocenters. The summed E-state index contributed by atoms with van der Waals surface area (Å²) in [4.78, 5) is 39.9. The molecular formula is C25H37NO5. The van der Waals surface area contributed by atoms with Gasteiger partial charge in [0.1, 0.15) is 17.6 Å². The van der Waals surface area contributed by atoms with Crippen molar-refractivity contribution in [1.82, 2.24) is 4.90 Å². The van der Waals surface area contributed by atoms with Crippen LogP contribution in [0.1, 0.15) is 91.2 Å². The summed E-state index contributed by atoms with van der Waals surface area (Å²) in [5.74, 6) is -2.11. The quantitative estimate of drug-likeness (QED) is 0.266. The van der Waals surface area contributed by atoms with Crippen LogP contribution >= 0.6 is 0 Å². The Hall–Kier alpha value is -2.37. The fourth-order valence-electron chi connectivity index (χ4n) is 3.86. The molecule has 2 amide bonds. The van der Waals surface area contributed by atoms with E-state index >= 15 is 0 Å². The molecule has 3 atom stereocenters. The summed E-state index contributed by atoms with van der Waals surface area (Å²) < 4.78 is 11.0. The van der Waals surface area contributed by atoms with Crippen LogP contribution in [0.4, 0.5) is 4.79 Å². The Morgan fingerprint density at radius 3 is 2.29 bits per heavy atom. The van der Waals surface area contributed by atoms with Crippen molar-refractivity contribution in [3.63, 3.8) is 0 Å². The number of rotatable bonds is 10. The molecule has 1 fully saturated rings. The van der Waals surface area contributed by atoms with Gasteiger partial charge in [0.2, 0.25) is 5.91 Å². The first-order chi connectivity index (χ1) is 14.7. The minimum atomic E-state index is -1.00. The van der Waals surface area contributed by atoms with Gasteiger partial charge in [-0.2, -0.15) is 0 Å². The van der Waals surface area contributed by atoms with Crippen LogP contribution in [0.5, 0.6) is 0 Å². The number of hydrogen-bond acceptors (Lipinski definition) is 5. The highest BCUT2D eigenvalue weighted by atomic mass is 16.6. The number of hydrogen-bond donors (Lipinski definition) is 0. The first-order valence-corrected chi connectivity index (χ1v) is 11.5. The van der Waals surface area contributed by atoms with Crippen molar-refractivity contribution >= 4 is 18.0 Å². The average molecular weight is 432 g/mol. The highest BCUT2D eigenvalue weighted by Crippen LogP contribution is 2.34. The van der Waals surface area contributed by atoms with Crippen LogP contribution in [-0.4, -0.2) is 34.5 Å². The lowest BCUT2D eigenvalue weighted by molar-refractivity contribution is -0.164. The number of esters is 1. The van der Waals surface area contributed by atoms with Crippen LogP contribution in [-0.2, 0) is 19.1 Å². The second kappa shape index (κ2) is 11.3. The summed E-state index contributed by atoms with van der Waals surface area (Å²) in [7, 11) is 0. The van der Waals surface area contributed by atoms with Gasteiger partial charge in [0.25, 0.3) is 0 Å². The van der Waals surface area contributed by atoms with Crippen LogP contribution in [0.3, 0.4) is 0 Å². The van der Waals surface area contributed by atoms with Gasteiger partial charge in [-0.1, -0.05) is 75.8 Å². The van der Waals surface area contributed by atoms with E-state index in [4.69, 9.17) is 9.47 Å². The Bertz CT molecular complexity index is 740. The van der Waals surface area contributed by atoms with Gasteiger partial charge in [0, 0.05) is 0 Å². The summed E-state index contributed by atoms with van der Waals surface area (Å²) in [6.07, 6.45) is 5.36. The van der Waals surface area contributed by atoms with E-state index < -0.39 is 41.6 Å². The molecule has 1 aromatic rings. The van der Waals surface area contributed by atoms with Crippen LogP contribution in [0.2, 0.25) is 0 Å². The molecule has 0 aromatic heterocycles. The molecular weight excluding hydrogens is 394 g/mol. The molecule has 0 aliphatic carbocycles. The highest BCUT2D eigenvalue weighted by Gasteiger charge is 2.47. The molecule has 1 heterocycles. The van der Waals surface area contributed by atoms with Crippen molar-refractivity contribution in [3.05, 3.63) is 35.9 Å². The van der Waals surface area contributed by atoms with Gasteiger partial charge >= 0.3 is 12.1 Å². The minimum Gasteiger partial charge on any atom is -0.459 e. The summed E-state index contributed by atoms with van der Waals surface area (Å²) in [5, 5.41) is 0. The van der Waals surface area contributed by atoms with Crippen LogP contribution < -0.4 is 0 Å². The number of unbranched alkanes of at least 4 members (excludes halogenated alkanes) is 5. The molecule has 1 aromatic carbocycles. The van der Waals surface area contributed by atoms with Gasteiger partial charge < -0.3 is 9.47 Å². The largest absolute Gasteiger partial charge is 0.459 e. The number of benzene rings is 1. The summed E-state index contributed by atoms with van der Waals surface area (Å²) in [6.45, 7) is 9.26. The maximum absolute atomic E-state index is 13.4. The number of carbonyl (C=O) groups is 3. The van der Waals surface area contributed by atoms with Gasteiger partial charge in [-0.05, 0) is 39.7 Å². The molecule has 1 saturated heterocycles. The smallest absolute Gasteiger partial charge is 0.417 e. The van der Waals surface area contributed by atoms with Gasteiger partial charge in [-0.25, -0.2) is 9.69 Å². The normalized spacial score (nSPS) is 19.8. The molecule has 1 aliphatic rings. The summed E-state index contributed by atoms with van der Waals surface area (Å²) >= 11 is 0. The van der Waals surface area contributed by atoms with E-state index in [0.29, 0.717) is 6.42 Å². The molecule has 31 heavy (non-hydrogen) atoms. The van der Waals surface area contributed by atoms with E-state index in [1.807, 2.05) is 30.3 Å². The maximum atomic E-state index is 13.4. The Morgan fingerprint density at radius 2 is 1.68 bits per heavy atom. The van der Waals surface area contributed by atoms with Crippen LogP contribution in [0, 0.1) is 5.92 Å². The van der Waals surface area contributed by atoms with E-state index in [1.165, 1.54) is 6.42 Å². The molecule has 0 bridgehead atoms. The van der Waals surface area contributed by atoms with Gasteiger partial charge in [0.05, 0.1) is 6.04 Å². The SMILES string of the molecule is CCCCCCCCC(C(=O)OC(C)(C)C)C(=O)N1C(=O)O[C@@H](c2ccccc2)[C@H]1C. The molecule has 6 heteroatoms. The number of cyclic esters (lactones) is 1. The second-order valence-corrected chi connectivity index (χ2v) is 9.31. The highest BCUT2D eigenvalue weighted by molar-refractivity contribution is 6.04. The first kappa shape index (κ1) is 24.9. The van der Waals surface area contributed by atoms with Crippen molar-refractivity contribution in [2.45, 2.75) is 97.3 Å². The minimum absolute atomic E-state index is 0.367. The number of amides is 2.